The molecule has 2 aromatic rings. The Balaban J connectivity index is 0.000000381. The van der Waals surface area contributed by atoms with E-state index in [2.05, 4.69) is 64.3 Å². The van der Waals surface area contributed by atoms with E-state index < -0.39 is 0 Å². The van der Waals surface area contributed by atoms with Crippen molar-refractivity contribution >= 4 is 50.7 Å². The standard InChI is InChI=1S/C15H15BrClNS.C6H12.C2H6/c1-3-18(11-7-5-4-6-8-11)14-10-13(17)12(16)9-15(14)19-2;1-2-4-6-5-3-1;1-2/h4-10H,3H2,1-2H3;1-6H2;1-2H3. The first-order chi connectivity index (χ1) is 13.2. The highest BCUT2D eigenvalue weighted by Gasteiger charge is 2.14. The van der Waals surface area contributed by atoms with E-state index in [9.17, 15) is 0 Å². The van der Waals surface area contributed by atoms with Gasteiger partial charge >= 0.3 is 0 Å². The Hall–Kier alpha value is -0.640. The van der Waals surface area contributed by atoms with Crippen LogP contribution in [0.2, 0.25) is 5.02 Å². The van der Waals surface area contributed by atoms with Crippen LogP contribution in [0.1, 0.15) is 59.3 Å². The minimum Gasteiger partial charge on any atom is -0.341 e. The Labute approximate surface area is 184 Å². The van der Waals surface area contributed by atoms with Gasteiger partial charge in [0, 0.05) is 21.6 Å². The van der Waals surface area contributed by atoms with E-state index in [1.54, 1.807) is 11.8 Å². The highest BCUT2D eigenvalue weighted by Crippen LogP contribution is 2.39. The smallest absolute Gasteiger partial charge is 0.0569 e. The molecule has 4 heteroatoms. The van der Waals surface area contributed by atoms with E-state index in [0.717, 1.165) is 21.7 Å². The second-order valence-electron chi connectivity index (χ2n) is 6.14. The van der Waals surface area contributed by atoms with Crippen molar-refractivity contribution in [3.8, 4) is 0 Å². The number of thioether (sulfide) groups is 1. The van der Waals surface area contributed by atoms with Gasteiger partial charge in [0.2, 0.25) is 0 Å². The van der Waals surface area contributed by atoms with Crippen LogP contribution in [-0.2, 0) is 0 Å². The van der Waals surface area contributed by atoms with E-state index in [4.69, 9.17) is 11.6 Å². The molecule has 0 heterocycles. The van der Waals surface area contributed by atoms with E-state index >= 15 is 0 Å². The van der Waals surface area contributed by atoms with Crippen LogP contribution in [0.15, 0.2) is 51.8 Å². The van der Waals surface area contributed by atoms with E-state index in [-0.39, 0.29) is 0 Å². The Morgan fingerprint density at radius 1 is 0.963 bits per heavy atom. The lowest BCUT2D eigenvalue weighted by Gasteiger charge is -2.26. The van der Waals surface area contributed by atoms with E-state index in [1.165, 1.54) is 49.1 Å². The first-order valence-corrected chi connectivity index (χ1v) is 12.4. The van der Waals surface area contributed by atoms with Crippen LogP contribution in [0, 0.1) is 0 Å². The summed E-state index contributed by atoms with van der Waals surface area (Å²) >= 11 is 11.5. The summed E-state index contributed by atoms with van der Waals surface area (Å²) in [6.07, 6.45) is 11.1. The van der Waals surface area contributed by atoms with E-state index in [0.29, 0.717) is 0 Å². The second-order valence-corrected chi connectivity index (χ2v) is 8.25. The second kappa shape index (κ2) is 14.4. The number of benzene rings is 2. The van der Waals surface area contributed by atoms with Crippen LogP contribution in [0.3, 0.4) is 0 Å². The first kappa shape index (κ1) is 24.4. The normalized spacial score (nSPS) is 13.0. The third kappa shape index (κ3) is 8.09. The zero-order valence-corrected chi connectivity index (χ0v) is 20.3. The number of nitrogens with zero attached hydrogens (tertiary/aromatic N) is 1. The van der Waals surface area contributed by atoms with E-state index in [1.807, 2.05) is 26.0 Å². The molecule has 1 aliphatic carbocycles. The van der Waals surface area contributed by atoms with Crippen molar-refractivity contribution < 1.29 is 0 Å². The van der Waals surface area contributed by atoms with Crippen molar-refractivity contribution in [2.45, 2.75) is 64.2 Å². The van der Waals surface area contributed by atoms with Gasteiger partial charge < -0.3 is 4.90 Å². The summed E-state index contributed by atoms with van der Waals surface area (Å²) in [5, 5.41) is 0.738. The Bertz CT molecular complexity index is 633. The lowest BCUT2D eigenvalue weighted by molar-refractivity contribution is 0.504. The largest absolute Gasteiger partial charge is 0.341 e. The molecule has 0 spiro atoms. The predicted molar refractivity (Wildman–Crippen MR) is 129 cm³/mol. The summed E-state index contributed by atoms with van der Waals surface area (Å²) in [4.78, 5) is 3.48. The van der Waals surface area contributed by atoms with Gasteiger partial charge in [0.05, 0.1) is 10.7 Å². The molecular weight excluding hydrogens is 438 g/mol. The third-order valence-corrected chi connectivity index (χ3v) is 6.36. The van der Waals surface area contributed by atoms with Crippen LogP contribution in [0.25, 0.3) is 0 Å². The quantitative estimate of drug-likeness (QED) is 0.409. The van der Waals surface area contributed by atoms with Gasteiger partial charge in [0.1, 0.15) is 0 Å². The Kier molecular flexibility index (Phi) is 13.0. The molecule has 3 rings (SSSR count). The molecule has 0 aliphatic heterocycles. The molecule has 150 valence electrons. The van der Waals surface area contributed by atoms with Gasteiger partial charge in [-0.05, 0) is 53.4 Å². The van der Waals surface area contributed by atoms with Crippen LogP contribution >= 0.6 is 39.3 Å². The predicted octanol–water partition coefficient (Wildman–Crippen LogP) is 9.35. The van der Waals surface area contributed by atoms with Gasteiger partial charge in [-0.2, -0.15) is 0 Å². The average Bonchev–Trinajstić information content (AvgIpc) is 2.75. The Morgan fingerprint density at radius 3 is 1.93 bits per heavy atom. The summed E-state index contributed by atoms with van der Waals surface area (Å²) in [6, 6.07) is 14.5. The molecule has 0 saturated heterocycles. The molecule has 0 radical (unpaired) electrons. The van der Waals surface area contributed by atoms with Crippen molar-refractivity contribution in [3.63, 3.8) is 0 Å². The molecule has 0 unspecified atom stereocenters. The van der Waals surface area contributed by atoms with Crippen molar-refractivity contribution in [3.05, 3.63) is 52.0 Å². The highest BCUT2D eigenvalue weighted by molar-refractivity contribution is 9.10. The zero-order valence-electron chi connectivity index (χ0n) is 17.1. The molecule has 0 amide bonds. The lowest BCUT2D eigenvalue weighted by Crippen LogP contribution is -2.16. The number of anilines is 2. The fourth-order valence-electron chi connectivity index (χ4n) is 3.05. The van der Waals surface area contributed by atoms with Crippen LogP contribution in [-0.4, -0.2) is 12.8 Å². The summed E-state index contributed by atoms with van der Waals surface area (Å²) < 4.78 is 0.936. The fourth-order valence-corrected chi connectivity index (χ4v) is 4.32. The number of para-hydroxylation sites is 1. The maximum absolute atomic E-state index is 6.25. The number of hydrogen-bond acceptors (Lipinski definition) is 2. The van der Waals surface area contributed by atoms with Crippen molar-refractivity contribution in [2.24, 2.45) is 0 Å². The zero-order chi connectivity index (χ0) is 20.1. The average molecular weight is 471 g/mol. The van der Waals surface area contributed by atoms with Crippen molar-refractivity contribution in [1.82, 2.24) is 0 Å². The fraction of sp³-hybridized carbons (Fsp3) is 0.478. The number of halogens is 2. The topological polar surface area (TPSA) is 3.24 Å². The molecule has 1 saturated carbocycles. The molecule has 1 nitrogen and oxygen atoms in total. The molecule has 0 bridgehead atoms. The van der Waals surface area contributed by atoms with Gasteiger partial charge in [0.15, 0.2) is 0 Å². The maximum atomic E-state index is 6.25. The van der Waals surface area contributed by atoms with Gasteiger partial charge in [-0.25, -0.2) is 0 Å². The van der Waals surface area contributed by atoms with Crippen LogP contribution in [0.5, 0.6) is 0 Å². The van der Waals surface area contributed by atoms with Gasteiger partial charge in [-0.15, -0.1) is 11.8 Å². The summed E-state index contributed by atoms with van der Waals surface area (Å²) in [5.74, 6) is 0. The molecule has 1 fully saturated rings. The minimum atomic E-state index is 0.738. The number of rotatable bonds is 4. The third-order valence-electron chi connectivity index (χ3n) is 4.40. The molecule has 0 N–H and O–H groups in total. The molecule has 0 aromatic heterocycles. The van der Waals surface area contributed by atoms with Crippen LogP contribution in [0.4, 0.5) is 11.4 Å². The van der Waals surface area contributed by atoms with Crippen LogP contribution < -0.4 is 4.90 Å². The SMILES string of the molecule is C1CCCCC1.CC.CCN(c1ccccc1)c1cc(Cl)c(Br)cc1SC. The molecule has 1 aliphatic rings. The summed E-state index contributed by atoms with van der Waals surface area (Å²) in [7, 11) is 0. The van der Waals surface area contributed by atoms with Gasteiger partial charge in [-0.3, -0.25) is 0 Å². The lowest BCUT2D eigenvalue weighted by atomic mass is 10.0. The maximum Gasteiger partial charge on any atom is 0.0569 e. The highest BCUT2D eigenvalue weighted by atomic mass is 79.9. The van der Waals surface area contributed by atoms with Gasteiger partial charge in [-0.1, -0.05) is 82.2 Å². The summed E-state index contributed by atoms with van der Waals surface area (Å²) in [6.45, 7) is 7.04. The summed E-state index contributed by atoms with van der Waals surface area (Å²) in [5.41, 5.74) is 2.33. The minimum absolute atomic E-state index is 0.738. The Morgan fingerprint density at radius 2 is 1.48 bits per heavy atom. The monoisotopic (exact) mass is 469 g/mol. The molecule has 2 aromatic carbocycles. The first-order valence-electron chi connectivity index (χ1n) is 10.0. The van der Waals surface area contributed by atoms with Crippen molar-refractivity contribution in [2.75, 3.05) is 17.7 Å². The molecule has 0 atom stereocenters. The van der Waals surface area contributed by atoms with Crippen molar-refractivity contribution in [1.29, 1.82) is 0 Å². The molecular formula is C23H33BrClNS. The molecule has 27 heavy (non-hydrogen) atoms. The van der Waals surface area contributed by atoms with Gasteiger partial charge in [0.25, 0.3) is 0 Å². The number of hydrogen-bond donors (Lipinski definition) is 0.